The van der Waals surface area contributed by atoms with Crippen molar-refractivity contribution in [3.05, 3.63) is 0 Å². The normalized spacial score (nSPS) is 25.3. The van der Waals surface area contributed by atoms with Crippen LogP contribution in [0.3, 0.4) is 0 Å². The van der Waals surface area contributed by atoms with Crippen molar-refractivity contribution in [2.24, 2.45) is 0 Å². The minimum atomic E-state index is -0.289. The molecule has 2 aliphatic heterocycles. The van der Waals surface area contributed by atoms with Gasteiger partial charge in [0.15, 0.2) is 5.79 Å². The SMILES string of the molecule is CCCOCCN1CCCC2(C1)OCCO2. The van der Waals surface area contributed by atoms with E-state index in [1.165, 1.54) is 0 Å². The van der Waals surface area contributed by atoms with E-state index < -0.39 is 0 Å². The van der Waals surface area contributed by atoms with Gasteiger partial charge in [0.05, 0.1) is 26.4 Å². The number of rotatable bonds is 5. The zero-order valence-corrected chi connectivity index (χ0v) is 10.2. The molecule has 94 valence electrons. The summed E-state index contributed by atoms with van der Waals surface area (Å²) in [6.07, 6.45) is 3.29. The monoisotopic (exact) mass is 229 g/mol. The minimum absolute atomic E-state index is 0.289. The molecular formula is C12H23NO3. The van der Waals surface area contributed by atoms with E-state index in [0.29, 0.717) is 0 Å². The van der Waals surface area contributed by atoms with Crippen LogP contribution in [0, 0.1) is 0 Å². The Labute approximate surface area is 97.8 Å². The first-order valence-electron chi connectivity index (χ1n) is 6.43. The Morgan fingerprint density at radius 3 is 2.81 bits per heavy atom. The van der Waals surface area contributed by atoms with E-state index in [2.05, 4.69) is 11.8 Å². The first-order valence-corrected chi connectivity index (χ1v) is 6.43. The van der Waals surface area contributed by atoms with Gasteiger partial charge in [-0.1, -0.05) is 6.92 Å². The maximum atomic E-state index is 5.73. The van der Waals surface area contributed by atoms with Gasteiger partial charge in [0, 0.05) is 19.6 Å². The summed E-state index contributed by atoms with van der Waals surface area (Å²) >= 11 is 0. The second-order valence-electron chi connectivity index (χ2n) is 4.60. The molecule has 0 amide bonds. The van der Waals surface area contributed by atoms with Gasteiger partial charge in [0.25, 0.3) is 0 Å². The Morgan fingerprint density at radius 1 is 1.25 bits per heavy atom. The summed E-state index contributed by atoms with van der Waals surface area (Å²) in [4.78, 5) is 2.39. The summed E-state index contributed by atoms with van der Waals surface area (Å²) in [6.45, 7) is 8.37. The van der Waals surface area contributed by atoms with Crippen LogP contribution in [-0.2, 0) is 14.2 Å². The van der Waals surface area contributed by atoms with Crippen LogP contribution in [-0.4, -0.2) is 56.7 Å². The van der Waals surface area contributed by atoms with Crippen LogP contribution in [0.4, 0.5) is 0 Å². The lowest BCUT2D eigenvalue weighted by molar-refractivity contribution is -0.190. The number of ether oxygens (including phenoxy) is 3. The molecule has 0 unspecified atom stereocenters. The van der Waals surface area contributed by atoms with E-state index in [-0.39, 0.29) is 5.79 Å². The van der Waals surface area contributed by atoms with Gasteiger partial charge in [-0.25, -0.2) is 0 Å². The van der Waals surface area contributed by atoms with E-state index in [4.69, 9.17) is 14.2 Å². The maximum absolute atomic E-state index is 5.73. The quantitative estimate of drug-likeness (QED) is 0.664. The van der Waals surface area contributed by atoms with Crippen molar-refractivity contribution < 1.29 is 14.2 Å². The minimum Gasteiger partial charge on any atom is -0.380 e. The fraction of sp³-hybridized carbons (Fsp3) is 1.00. The number of hydrogen-bond donors (Lipinski definition) is 0. The molecule has 2 aliphatic rings. The van der Waals surface area contributed by atoms with Crippen LogP contribution in [0.15, 0.2) is 0 Å². The molecule has 1 spiro atoms. The molecule has 2 saturated heterocycles. The highest BCUT2D eigenvalue weighted by Crippen LogP contribution is 2.29. The Balaban J connectivity index is 1.70. The molecule has 0 aromatic rings. The molecule has 4 heteroatoms. The lowest BCUT2D eigenvalue weighted by Gasteiger charge is -2.38. The van der Waals surface area contributed by atoms with Crippen molar-refractivity contribution in [2.75, 3.05) is 46.1 Å². The molecule has 0 saturated carbocycles. The molecule has 0 aromatic heterocycles. The third kappa shape index (κ3) is 3.17. The number of hydrogen-bond acceptors (Lipinski definition) is 4. The molecule has 2 fully saturated rings. The van der Waals surface area contributed by atoms with E-state index in [1.807, 2.05) is 0 Å². The maximum Gasteiger partial charge on any atom is 0.181 e. The van der Waals surface area contributed by atoms with E-state index in [1.54, 1.807) is 0 Å². The molecular weight excluding hydrogens is 206 g/mol. The highest BCUT2D eigenvalue weighted by molar-refractivity contribution is 4.83. The molecule has 0 bridgehead atoms. The van der Waals surface area contributed by atoms with Crippen LogP contribution >= 0.6 is 0 Å². The third-order valence-corrected chi connectivity index (χ3v) is 3.21. The van der Waals surface area contributed by atoms with Crippen LogP contribution < -0.4 is 0 Å². The van der Waals surface area contributed by atoms with Crippen molar-refractivity contribution in [3.8, 4) is 0 Å². The lowest BCUT2D eigenvalue weighted by atomic mass is 10.0. The highest BCUT2D eigenvalue weighted by atomic mass is 16.7. The van der Waals surface area contributed by atoms with Gasteiger partial charge in [0.1, 0.15) is 0 Å². The Bertz CT molecular complexity index is 204. The Kier molecular flexibility index (Phi) is 4.58. The summed E-state index contributed by atoms with van der Waals surface area (Å²) in [5.74, 6) is -0.289. The van der Waals surface area contributed by atoms with E-state index >= 15 is 0 Å². The first-order chi connectivity index (χ1) is 7.85. The number of nitrogens with zero attached hydrogens (tertiary/aromatic N) is 1. The van der Waals surface area contributed by atoms with Crippen molar-refractivity contribution in [1.29, 1.82) is 0 Å². The predicted molar refractivity (Wildman–Crippen MR) is 61.4 cm³/mol. The van der Waals surface area contributed by atoms with Crippen LogP contribution in [0.5, 0.6) is 0 Å². The molecule has 0 radical (unpaired) electrons. The van der Waals surface area contributed by atoms with Gasteiger partial charge in [-0.3, -0.25) is 4.90 Å². The summed E-state index contributed by atoms with van der Waals surface area (Å²) in [5, 5.41) is 0. The van der Waals surface area contributed by atoms with Crippen molar-refractivity contribution in [3.63, 3.8) is 0 Å². The van der Waals surface area contributed by atoms with Gasteiger partial charge < -0.3 is 14.2 Å². The van der Waals surface area contributed by atoms with Gasteiger partial charge in [0.2, 0.25) is 0 Å². The van der Waals surface area contributed by atoms with E-state index in [0.717, 1.165) is 65.3 Å². The molecule has 0 aromatic carbocycles. The first kappa shape index (κ1) is 12.3. The standard InChI is InChI=1S/C12H23NO3/c1-2-7-14-8-6-13-5-3-4-12(11-13)15-9-10-16-12/h2-11H2,1H3. The van der Waals surface area contributed by atoms with Crippen LogP contribution in [0.2, 0.25) is 0 Å². The fourth-order valence-corrected chi connectivity index (χ4v) is 2.43. The van der Waals surface area contributed by atoms with Gasteiger partial charge in [-0.2, -0.15) is 0 Å². The van der Waals surface area contributed by atoms with Crippen molar-refractivity contribution in [1.82, 2.24) is 4.90 Å². The third-order valence-electron chi connectivity index (χ3n) is 3.21. The number of piperidine rings is 1. The van der Waals surface area contributed by atoms with Crippen LogP contribution in [0.1, 0.15) is 26.2 Å². The second kappa shape index (κ2) is 5.96. The molecule has 0 atom stereocenters. The smallest absolute Gasteiger partial charge is 0.181 e. The van der Waals surface area contributed by atoms with Gasteiger partial charge in [-0.15, -0.1) is 0 Å². The second-order valence-corrected chi connectivity index (χ2v) is 4.60. The molecule has 4 nitrogen and oxygen atoms in total. The number of likely N-dealkylation sites (tertiary alicyclic amines) is 1. The Hall–Kier alpha value is -0.160. The molecule has 0 aliphatic carbocycles. The summed E-state index contributed by atoms with van der Waals surface area (Å²) in [7, 11) is 0. The van der Waals surface area contributed by atoms with E-state index in [9.17, 15) is 0 Å². The lowest BCUT2D eigenvalue weighted by Crippen LogP contribution is -2.49. The zero-order chi connectivity index (χ0) is 11.3. The molecule has 2 heterocycles. The topological polar surface area (TPSA) is 30.9 Å². The largest absolute Gasteiger partial charge is 0.380 e. The predicted octanol–water partition coefficient (Wildman–Crippen LogP) is 1.25. The van der Waals surface area contributed by atoms with Crippen LogP contribution in [0.25, 0.3) is 0 Å². The zero-order valence-electron chi connectivity index (χ0n) is 10.2. The average Bonchev–Trinajstić information content (AvgIpc) is 2.73. The summed E-state index contributed by atoms with van der Waals surface area (Å²) in [5.41, 5.74) is 0. The average molecular weight is 229 g/mol. The molecule has 0 N–H and O–H groups in total. The summed E-state index contributed by atoms with van der Waals surface area (Å²) in [6, 6.07) is 0. The van der Waals surface area contributed by atoms with Crippen molar-refractivity contribution in [2.45, 2.75) is 32.0 Å². The highest BCUT2D eigenvalue weighted by Gasteiger charge is 2.40. The molecule has 2 rings (SSSR count). The van der Waals surface area contributed by atoms with Crippen molar-refractivity contribution >= 4 is 0 Å². The Morgan fingerprint density at radius 2 is 2.06 bits per heavy atom. The fourth-order valence-electron chi connectivity index (χ4n) is 2.43. The van der Waals surface area contributed by atoms with Gasteiger partial charge >= 0.3 is 0 Å². The van der Waals surface area contributed by atoms with Gasteiger partial charge in [-0.05, 0) is 19.4 Å². The summed E-state index contributed by atoms with van der Waals surface area (Å²) < 4.78 is 17.0. The molecule has 16 heavy (non-hydrogen) atoms.